The van der Waals surface area contributed by atoms with E-state index in [9.17, 15) is 18.0 Å². The first-order valence-electron chi connectivity index (χ1n) is 7.81. The number of hydrogen-bond acceptors (Lipinski definition) is 5. The number of carbonyl (C=O) groups excluding carboxylic acids is 1. The summed E-state index contributed by atoms with van der Waals surface area (Å²) < 4.78 is 48.6. The summed E-state index contributed by atoms with van der Waals surface area (Å²) in [5, 5.41) is 3.80. The molecule has 0 aliphatic rings. The quantitative estimate of drug-likeness (QED) is 0.712. The molecule has 0 radical (unpaired) electrons. The number of nitrogens with two attached hydrogens (primary N) is 1. The van der Waals surface area contributed by atoms with E-state index >= 15 is 0 Å². The third-order valence-corrected chi connectivity index (χ3v) is 3.57. The summed E-state index contributed by atoms with van der Waals surface area (Å²) in [4.78, 5) is 14.9. The van der Waals surface area contributed by atoms with Crippen LogP contribution in [-0.2, 0) is 17.4 Å². The summed E-state index contributed by atoms with van der Waals surface area (Å²) in [7, 11) is 0. The van der Waals surface area contributed by atoms with Gasteiger partial charge in [-0.05, 0) is 35.9 Å². The third kappa shape index (κ3) is 4.84. The van der Waals surface area contributed by atoms with Gasteiger partial charge in [-0.25, -0.2) is 0 Å². The van der Waals surface area contributed by atoms with Crippen molar-refractivity contribution in [2.75, 3.05) is 6.61 Å². The topological polar surface area (TPSA) is 91.2 Å². The van der Waals surface area contributed by atoms with Crippen LogP contribution in [0.2, 0.25) is 0 Å². The van der Waals surface area contributed by atoms with E-state index in [0.717, 1.165) is 12.1 Å². The standard InChI is InChI=1S/C18H14F3N3O3/c19-18(20,21)13-3-1-2-11(8-13)9-16-23-17(27-24-16)12-4-6-14(7-5-12)26-10-15(22)25/h1-8H,9-10H2,(H2,22,25). The van der Waals surface area contributed by atoms with Crippen LogP contribution >= 0.6 is 0 Å². The highest BCUT2D eigenvalue weighted by Gasteiger charge is 2.30. The summed E-state index contributed by atoms with van der Waals surface area (Å²) in [6, 6.07) is 11.5. The van der Waals surface area contributed by atoms with Crippen LogP contribution in [-0.4, -0.2) is 22.7 Å². The van der Waals surface area contributed by atoms with Crippen molar-refractivity contribution < 1.29 is 27.2 Å². The lowest BCUT2D eigenvalue weighted by atomic mass is 10.1. The van der Waals surface area contributed by atoms with Gasteiger partial charge in [0.2, 0.25) is 0 Å². The Bertz CT molecular complexity index is 937. The fourth-order valence-electron chi connectivity index (χ4n) is 2.33. The molecule has 2 N–H and O–H groups in total. The van der Waals surface area contributed by atoms with Crippen molar-refractivity contribution in [1.82, 2.24) is 10.1 Å². The Balaban J connectivity index is 1.71. The molecule has 1 amide bonds. The van der Waals surface area contributed by atoms with Crippen LogP contribution in [0.3, 0.4) is 0 Å². The third-order valence-electron chi connectivity index (χ3n) is 3.57. The summed E-state index contributed by atoms with van der Waals surface area (Å²) in [6.07, 6.45) is -4.30. The van der Waals surface area contributed by atoms with Gasteiger partial charge in [0.1, 0.15) is 5.75 Å². The Morgan fingerprint density at radius 3 is 2.56 bits per heavy atom. The Labute approximate surface area is 151 Å². The van der Waals surface area contributed by atoms with Crippen LogP contribution in [0.25, 0.3) is 11.5 Å². The molecule has 1 heterocycles. The van der Waals surface area contributed by atoms with Gasteiger partial charge in [-0.15, -0.1) is 0 Å². The number of benzene rings is 2. The number of aromatic nitrogens is 2. The van der Waals surface area contributed by atoms with E-state index in [1.807, 2.05) is 0 Å². The van der Waals surface area contributed by atoms with E-state index < -0.39 is 17.6 Å². The predicted molar refractivity (Wildman–Crippen MR) is 88.7 cm³/mol. The smallest absolute Gasteiger partial charge is 0.416 e. The van der Waals surface area contributed by atoms with Crippen molar-refractivity contribution >= 4 is 5.91 Å². The molecule has 0 saturated heterocycles. The molecule has 0 atom stereocenters. The molecule has 140 valence electrons. The zero-order valence-electron chi connectivity index (χ0n) is 13.9. The van der Waals surface area contributed by atoms with Gasteiger partial charge in [-0.3, -0.25) is 4.79 Å². The van der Waals surface area contributed by atoms with Crippen LogP contribution in [0.4, 0.5) is 13.2 Å². The minimum atomic E-state index is -4.41. The Morgan fingerprint density at radius 2 is 1.89 bits per heavy atom. The predicted octanol–water partition coefficient (Wildman–Crippen LogP) is 3.21. The number of hydrogen-bond donors (Lipinski definition) is 1. The molecule has 0 spiro atoms. The number of rotatable bonds is 6. The van der Waals surface area contributed by atoms with E-state index in [4.69, 9.17) is 15.0 Å². The van der Waals surface area contributed by atoms with Gasteiger partial charge >= 0.3 is 6.18 Å². The number of carbonyl (C=O) groups is 1. The minimum absolute atomic E-state index is 0.104. The van der Waals surface area contributed by atoms with Gasteiger partial charge in [0.05, 0.1) is 5.56 Å². The van der Waals surface area contributed by atoms with Crippen LogP contribution in [0.15, 0.2) is 53.1 Å². The molecule has 27 heavy (non-hydrogen) atoms. The number of alkyl halides is 3. The first-order valence-corrected chi connectivity index (χ1v) is 7.81. The molecule has 3 rings (SSSR count). The van der Waals surface area contributed by atoms with Crippen LogP contribution in [0.5, 0.6) is 5.75 Å². The SMILES string of the molecule is NC(=O)COc1ccc(-c2nc(Cc3cccc(C(F)(F)F)c3)no2)cc1. The molecule has 9 heteroatoms. The average molecular weight is 377 g/mol. The molecule has 0 fully saturated rings. The van der Waals surface area contributed by atoms with E-state index in [1.165, 1.54) is 6.07 Å². The highest BCUT2D eigenvalue weighted by molar-refractivity contribution is 5.75. The molecule has 0 aliphatic carbocycles. The number of halogens is 3. The Morgan fingerprint density at radius 1 is 1.15 bits per heavy atom. The second-order valence-electron chi connectivity index (χ2n) is 5.67. The average Bonchev–Trinajstić information content (AvgIpc) is 3.08. The number of nitrogens with zero attached hydrogens (tertiary/aromatic N) is 2. The van der Waals surface area contributed by atoms with Crippen LogP contribution < -0.4 is 10.5 Å². The van der Waals surface area contributed by atoms with Gasteiger partial charge in [-0.1, -0.05) is 23.4 Å². The van der Waals surface area contributed by atoms with Gasteiger partial charge in [0, 0.05) is 12.0 Å². The molecular formula is C18H14F3N3O3. The van der Waals surface area contributed by atoms with E-state index in [1.54, 1.807) is 30.3 Å². The van der Waals surface area contributed by atoms with Crippen LogP contribution in [0, 0.1) is 0 Å². The maximum absolute atomic E-state index is 12.8. The maximum atomic E-state index is 12.8. The fourth-order valence-corrected chi connectivity index (χ4v) is 2.33. The van der Waals surface area contributed by atoms with Gasteiger partial charge < -0.3 is 15.0 Å². The first-order chi connectivity index (χ1) is 12.8. The summed E-state index contributed by atoms with van der Waals surface area (Å²) >= 11 is 0. The normalized spacial score (nSPS) is 11.4. The van der Waals surface area contributed by atoms with Gasteiger partial charge in [0.25, 0.3) is 11.8 Å². The minimum Gasteiger partial charge on any atom is -0.484 e. The number of ether oxygens (including phenoxy) is 1. The van der Waals surface area contributed by atoms with Crippen molar-refractivity contribution in [3.8, 4) is 17.2 Å². The second kappa shape index (κ2) is 7.48. The van der Waals surface area contributed by atoms with Crippen molar-refractivity contribution in [3.05, 3.63) is 65.5 Å². The van der Waals surface area contributed by atoms with Gasteiger partial charge in [-0.2, -0.15) is 18.2 Å². The van der Waals surface area contributed by atoms with Crippen molar-refractivity contribution in [3.63, 3.8) is 0 Å². The second-order valence-corrected chi connectivity index (χ2v) is 5.67. The molecular weight excluding hydrogens is 363 g/mol. The molecule has 2 aromatic carbocycles. The highest BCUT2D eigenvalue weighted by Crippen LogP contribution is 2.30. The largest absolute Gasteiger partial charge is 0.484 e. The molecule has 0 saturated carbocycles. The van der Waals surface area contributed by atoms with Crippen molar-refractivity contribution in [2.24, 2.45) is 5.73 Å². The molecule has 1 aromatic heterocycles. The van der Waals surface area contributed by atoms with E-state index in [2.05, 4.69) is 10.1 Å². The lowest BCUT2D eigenvalue weighted by Gasteiger charge is -2.07. The summed E-state index contributed by atoms with van der Waals surface area (Å²) in [5.74, 6) is 0.341. The lowest BCUT2D eigenvalue weighted by molar-refractivity contribution is -0.137. The molecule has 3 aromatic rings. The molecule has 6 nitrogen and oxygen atoms in total. The number of amides is 1. The summed E-state index contributed by atoms with van der Waals surface area (Å²) in [5.41, 5.74) is 5.30. The molecule has 0 unspecified atom stereocenters. The zero-order valence-corrected chi connectivity index (χ0v) is 13.9. The van der Waals surface area contributed by atoms with Crippen LogP contribution in [0.1, 0.15) is 17.0 Å². The van der Waals surface area contributed by atoms with Crippen molar-refractivity contribution in [1.29, 1.82) is 0 Å². The fraction of sp³-hybridized carbons (Fsp3) is 0.167. The summed E-state index contributed by atoms with van der Waals surface area (Å²) in [6.45, 7) is -0.235. The Hall–Kier alpha value is -3.36. The van der Waals surface area contributed by atoms with Gasteiger partial charge in [0.15, 0.2) is 12.4 Å². The van der Waals surface area contributed by atoms with E-state index in [-0.39, 0.29) is 24.7 Å². The molecule has 0 bridgehead atoms. The lowest BCUT2D eigenvalue weighted by Crippen LogP contribution is -2.19. The maximum Gasteiger partial charge on any atom is 0.416 e. The molecule has 0 aliphatic heterocycles. The van der Waals surface area contributed by atoms with Crippen molar-refractivity contribution in [2.45, 2.75) is 12.6 Å². The Kier molecular flexibility index (Phi) is 5.11. The number of primary amides is 1. The van der Waals surface area contributed by atoms with E-state index in [0.29, 0.717) is 16.9 Å². The first kappa shape index (κ1) is 18.4. The zero-order chi connectivity index (χ0) is 19.4. The highest BCUT2D eigenvalue weighted by atomic mass is 19.4. The monoisotopic (exact) mass is 377 g/mol.